The number of aldehydes is 1. The van der Waals surface area contributed by atoms with Crippen LogP contribution in [-0.2, 0) is 122 Å². The number of unbranched alkanes of at least 4 members (excludes halogenated alkanes) is 3. The molecule has 818 valence electrons. The first-order valence-corrected chi connectivity index (χ1v) is 49.6. The van der Waals surface area contributed by atoms with Crippen molar-refractivity contribution >= 4 is 136 Å². The summed E-state index contributed by atoms with van der Waals surface area (Å²) in [5.74, 6) is -22.2. The lowest BCUT2D eigenvalue weighted by atomic mass is 10.00. The highest BCUT2D eigenvalue weighted by atomic mass is 16.4. The average Bonchev–Trinajstić information content (AvgIpc) is 1.70. The number of nitrogens with two attached hydrogens (primary N) is 4. The minimum atomic E-state index is -1.92. The largest absolute Gasteiger partial charge is 0.481 e. The Morgan fingerprint density at radius 1 is 0.356 bits per heavy atom. The number of carboxylic acid groups (broad SMARTS) is 2. The van der Waals surface area contributed by atoms with Crippen LogP contribution in [0.5, 0.6) is 0 Å². The molecule has 0 saturated heterocycles. The van der Waals surface area contributed by atoms with E-state index in [-0.39, 0.29) is 110 Å². The zero-order valence-corrected chi connectivity index (χ0v) is 84.9. The number of H-pyrrole nitrogens is 1. The van der Waals surface area contributed by atoms with Gasteiger partial charge in [-0.15, -0.1) is 0 Å². The van der Waals surface area contributed by atoms with Gasteiger partial charge in [-0.1, -0.05) is 151 Å². The van der Waals surface area contributed by atoms with Crippen molar-refractivity contribution in [3.05, 3.63) is 144 Å². The normalized spacial score (nSPS) is 14.4. The van der Waals surface area contributed by atoms with E-state index in [1.807, 2.05) is 24.3 Å². The number of amides is 17. The van der Waals surface area contributed by atoms with Gasteiger partial charge in [-0.2, -0.15) is 0 Å². The maximum atomic E-state index is 15.2. The summed E-state index contributed by atoms with van der Waals surface area (Å²) in [5.41, 5.74) is 26.1. The zero-order valence-electron chi connectivity index (χ0n) is 84.9. The molecule has 5 aromatic rings. The van der Waals surface area contributed by atoms with Gasteiger partial charge in [0.1, 0.15) is 103 Å². The van der Waals surface area contributed by atoms with E-state index in [4.69, 9.17) is 28.3 Å². The highest BCUT2D eigenvalue weighted by molar-refractivity contribution is 6.02. The van der Waals surface area contributed by atoms with Crippen LogP contribution in [0.25, 0.3) is 10.9 Å². The standard InChI is InChI=1S/C100H148N24O25/c1-56(2)44-72(90(140)115-71(38-39-81(131)132)85(135)108-51-80(130)111-78(54-127)96(146)119-75(47-62-30-15-10-16-31-62)93(143)121-77(49-82(133)134)95(145)124-83(57(3)4)98(148)110-64(52-125)53-126)117-87(137)67(34-19-22-40-101)113-91(141)73(45-60-26-11-8-12-27-60)118-92(142)74(46-61-28-13-9-14-29-61)120-97(147)79(55-128)122-88(138)68(35-20-23-41-102)112-86(136)70(37-25-43-106-100(104)105)116-99(149)84(58(5)6)123-89(139)69(36-21-24-42-103)114-94(144)76(109-59(7)129)48-63-50-107-66-33-18-17-32-65(63)66/h8-18,26-33,50,52,56-58,64,67-79,83-84,107,126-128H,19-25,34-49,51,53-55,101-103H2,1-7H3,(H,108,135)(H,109,129)(H,110,148)(H,111,130)(H,112,136)(H,113,141)(H,114,144)(H,115,140)(H,116,149)(H,117,137)(H,118,142)(H,119,146)(H,120,147)(H,121,143)(H,122,138)(H,123,139)(H,124,145)(H,131,132)(H,133,134)(H4,104,105,106)/t64-,67+,68+,69+,70+,71+,72+,73+,74+,75+,76+,77+,78+,79+,83+,84+/m1/s1. The van der Waals surface area contributed by atoms with Gasteiger partial charge in [-0.3, -0.25) is 96.5 Å². The summed E-state index contributed by atoms with van der Waals surface area (Å²) in [5, 5.41) is 105. The van der Waals surface area contributed by atoms with Crippen LogP contribution < -0.4 is 119 Å². The Kier molecular flexibility index (Phi) is 55.4. The predicted octanol–water partition coefficient (Wildman–Crippen LogP) is -5.14. The number of hydrogen-bond acceptors (Lipinski definition) is 27. The first kappa shape index (κ1) is 125. The van der Waals surface area contributed by atoms with Crippen molar-refractivity contribution < 1.29 is 121 Å². The van der Waals surface area contributed by atoms with E-state index in [1.54, 1.807) is 125 Å². The van der Waals surface area contributed by atoms with Gasteiger partial charge in [0.05, 0.1) is 32.8 Å². The molecule has 49 heteroatoms. The third kappa shape index (κ3) is 45.1. The Morgan fingerprint density at radius 2 is 0.698 bits per heavy atom. The monoisotopic (exact) mass is 2090 g/mol. The lowest BCUT2D eigenvalue weighted by molar-refractivity contribution is -0.142. The molecule has 0 saturated carbocycles. The second-order valence-electron chi connectivity index (χ2n) is 37.2. The third-order valence-corrected chi connectivity index (χ3v) is 23.8. The number of carboxylic acids is 2. The van der Waals surface area contributed by atoms with Gasteiger partial charge in [0.2, 0.25) is 100 Å². The van der Waals surface area contributed by atoms with Gasteiger partial charge in [-0.05, 0) is 149 Å². The molecule has 5 rings (SSSR count). The van der Waals surface area contributed by atoms with Crippen LogP contribution in [0, 0.1) is 23.2 Å². The van der Waals surface area contributed by atoms with Crippen molar-refractivity contribution in [2.45, 2.75) is 267 Å². The molecular weight excluding hydrogens is 1940 g/mol. The summed E-state index contributed by atoms with van der Waals surface area (Å²) in [4.78, 5) is 282. The van der Waals surface area contributed by atoms with E-state index in [0.717, 1.165) is 10.9 Å². The number of aromatic nitrogens is 1. The van der Waals surface area contributed by atoms with Crippen molar-refractivity contribution in [2.75, 3.05) is 52.5 Å². The van der Waals surface area contributed by atoms with Crippen molar-refractivity contribution in [3.63, 3.8) is 0 Å². The summed E-state index contributed by atoms with van der Waals surface area (Å²) in [6.07, 6.45) is -0.171. The van der Waals surface area contributed by atoms with Gasteiger partial charge in [-0.25, -0.2) is 0 Å². The van der Waals surface area contributed by atoms with E-state index in [0.29, 0.717) is 47.9 Å². The fourth-order valence-corrected chi connectivity index (χ4v) is 15.7. The second kappa shape index (κ2) is 66.3. The smallest absolute Gasteiger partial charge is 0.305 e. The van der Waals surface area contributed by atoms with Crippen molar-refractivity contribution in [1.29, 1.82) is 5.41 Å². The second-order valence-corrected chi connectivity index (χ2v) is 37.2. The number of carbonyl (C=O) groups excluding carboxylic acids is 18. The Balaban J connectivity index is 1.37. The Labute approximate surface area is 863 Å². The highest BCUT2D eigenvalue weighted by Gasteiger charge is 2.41. The molecule has 1 aromatic heterocycles. The molecule has 4 aromatic carbocycles. The highest BCUT2D eigenvalue weighted by Crippen LogP contribution is 2.22. The number of para-hydroxylation sites is 1. The van der Waals surface area contributed by atoms with Gasteiger partial charge < -0.3 is 154 Å². The van der Waals surface area contributed by atoms with Crippen molar-refractivity contribution in [2.24, 2.45) is 40.7 Å². The average molecular weight is 2090 g/mol. The minimum Gasteiger partial charge on any atom is -0.481 e. The summed E-state index contributed by atoms with van der Waals surface area (Å²) < 4.78 is 0. The predicted molar refractivity (Wildman–Crippen MR) is 545 cm³/mol. The quantitative estimate of drug-likeness (QED) is 0.00749. The van der Waals surface area contributed by atoms with Crippen LogP contribution >= 0.6 is 0 Å². The Morgan fingerprint density at radius 3 is 1.09 bits per heavy atom. The molecule has 0 radical (unpaired) electrons. The maximum absolute atomic E-state index is 15.2. The van der Waals surface area contributed by atoms with Crippen LogP contribution in [0.1, 0.15) is 167 Å². The molecule has 0 fully saturated rings. The molecule has 49 nitrogen and oxygen atoms in total. The molecule has 16 atom stereocenters. The minimum absolute atomic E-state index is 0.0154. The van der Waals surface area contributed by atoms with Gasteiger partial charge >= 0.3 is 11.9 Å². The molecule has 17 amide bonds. The number of aliphatic carboxylic acids is 2. The van der Waals surface area contributed by atoms with Crippen molar-refractivity contribution in [3.8, 4) is 0 Å². The van der Waals surface area contributed by atoms with E-state index in [9.17, 15) is 112 Å². The molecule has 33 N–H and O–H groups in total. The number of aliphatic hydroxyl groups is 3. The molecule has 0 aliphatic rings. The number of carbonyl (C=O) groups is 20. The summed E-state index contributed by atoms with van der Waals surface area (Å²) in [6.45, 7) is 7.22. The number of rotatable bonds is 70. The van der Waals surface area contributed by atoms with E-state index in [1.165, 1.54) is 20.8 Å². The van der Waals surface area contributed by atoms with Crippen LogP contribution in [0.15, 0.2) is 121 Å². The summed E-state index contributed by atoms with van der Waals surface area (Å²) in [6, 6.07) is 6.43. The third-order valence-electron chi connectivity index (χ3n) is 23.8. The fourth-order valence-electron chi connectivity index (χ4n) is 15.7. The number of nitrogens with one attached hydrogen (secondary N) is 20. The lowest BCUT2D eigenvalue weighted by Crippen LogP contribution is -2.62. The Hall–Kier alpha value is -14.9. The van der Waals surface area contributed by atoms with Crippen LogP contribution in [0.4, 0.5) is 0 Å². The maximum Gasteiger partial charge on any atom is 0.305 e. The topological polar surface area (TPSA) is 803 Å². The SMILES string of the molecule is CC(=O)N[C@@H](Cc1c[nH]c2ccccc12)C(=O)N[C@@H](CCCCN)C(=O)N[C@H](C(=O)N[C@@H](CCCNC(=N)N)C(=O)N[C@@H](CCCCN)C(=O)N[C@@H](CO)C(=O)N[C@@H](Cc1ccccc1)C(=O)N[C@@H](Cc1ccccc1)C(=O)N[C@@H](CCCCN)C(=O)N[C@@H](CC(C)C)C(=O)N[C@@H](CCC(=O)O)C(=O)NCC(=O)N[C@@H](CO)C(=O)N[C@@H](Cc1ccccc1)C(=O)N[C@@H](CC(=O)O)C(=O)N[C@H](C(=O)N[C@H](C=O)CO)C(C)C)C(C)C. The first-order chi connectivity index (χ1) is 71.0. The molecular formula is C100H148N24O25. The lowest BCUT2D eigenvalue weighted by Gasteiger charge is -2.29. The fraction of sp³-hybridized carbons (Fsp3) is 0.530. The number of fused-ring (bicyclic) bond motifs is 1. The molecule has 1 heterocycles. The zero-order chi connectivity index (χ0) is 110. The molecule has 0 spiro atoms. The van der Waals surface area contributed by atoms with Gasteiger partial charge in [0.25, 0.3) is 0 Å². The summed E-state index contributed by atoms with van der Waals surface area (Å²) in [7, 11) is 0. The van der Waals surface area contributed by atoms with Crippen LogP contribution in [-0.4, -0.2) is 304 Å². The molecule has 0 aliphatic carbocycles. The van der Waals surface area contributed by atoms with Crippen LogP contribution in [0.2, 0.25) is 0 Å². The molecule has 0 bridgehead atoms. The molecule has 149 heavy (non-hydrogen) atoms. The molecule has 0 aliphatic heterocycles. The van der Waals surface area contributed by atoms with Gasteiger partial charge in [0, 0.05) is 62.7 Å². The number of benzene rings is 4. The first-order valence-electron chi connectivity index (χ1n) is 49.6. The van der Waals surface area contributed by atoms with Gasteiger partial charge in [0.15, 0.2) is 5.96 Å². The van der Waals surface area contributed by atoms with E-state index >= 15 is 9.59 Å². The van der Waals surface area contributed by atoms with E-state index in [2.05, 4.69) is 101 Å². The van der Waals surface area contributed by atoms with Crippen LogP contribution in [0.3, 0.4) is 0 Å². The number of hydrogen-bond donors (Lipinski definition) is 29. The summed E-state index contributed by atoms with van der Waals surface area (Å²) >= 11 is 0. The molecule has 0 unspecified atom stereocenters. The number of aromatic amines is 1. The van der Waals surface area contributed by atoms with E-state index < -0.39 is 278 Å². The Bertz CT molecular complexity index is 5250. The van der Waals surface area contributed by atoms with Crippen molar-refractivity contribution in [1.82, 2.24) is 101 Å². The number of aliphatic hydroxyl groups excluding tert-OH is 3. The number of guanidine groups is 1.